The van der Waals surface area contributed by atoms with E-state index in [0.29, 0.717) is 0 Å². The minimum absolute atomic E-state index is 0. The third-order valence-corrected chi connectivity index (χ3v) is 0. The van der Waals surface area contributed by atoms with E-state index in [4.69, 9.17) is 17.5 Å². The normalized spacial score (nSPS) is 6.44. The van der Waals surface area contributed by atoms with Crippen LogP contribution < -0.4 is 37.2 Å². The zero-order chi connectivity index (χ0) is 4.50. The van der Waals surface area contributed by atoms with Crippen LogP contribution >= 0.6 is 0 Å². The minimum Gasteiger partial charge on any atom is -1.00 e. The van der Waals surface area contributed by atoms with E-state index in [2.05, 4.69) is 0 Å². The molecule has 0 saturated carbocycles. The molecule has 0 saturated heterocycles. The molecule has 0 aromatic rings. The first-order chi connectivity index (χ1) is 2.00. The molecule has 0 aliphatic carbocycles. The molecule has 0 rings (SSSR count). The van der Waals surface area contributed by atoms with Crippen LogP contribution in [0.4, 0.5) is 0 Å². The van der Waals surface area contributed by atoms with Crippen LogP contribution in [0.3, 0.4) is 0 Å². The Hall–Kier alpha value is 1.27. The van der Waals surface area contributed by atoms with Gasteiger partial charge in [0.15, 0.2) is 0 Å². The zero-order valence-corrected chi connectivity index (χ0v) is 8.07. The first kappa shape index (κ1) is 31.8. The van der Waals surface area contributed by atoms with Gasteiger partial charge in [-0.1, -0.05) is 0 Å². The first-order valence-electron chi connectivity index (χ1n) is 0.698. The van der Waals surface area contributed by atoms with Gasteiger partial charge >= 0.3 is 27.8 Å². The molecule has 0 bridgehead atoms. The summed E-state index contributed by atoms with van der Waals surface area (Å²) in [6, 6.07) is 0. The molecule has 0 spiro atoms. The molecule has 0 fully saturated rings. The summed E-state index contributed by atoms with van der Waals surface area (Å²) < 4.78 is 31.6. The zero-order valence-electron chi connectivity index (χ0n) is 3.83. The first-order valence-corrected chi connectivity index (χ1v) is 2.10. The van der Waals surface area contributed by atoms with Gasteiger partial charge in [0.1, 0.15) is 0 Å². The molecule has 0 aliphatic heterocycles. The minimum atomic E-state index is -4.67. The van der Waals surface area contributed by atoms with Crippen LogP contribution in [0, 0.1) is 0 Å². The van der Waals surface area contributed by atoms with Crippen LogP contribution in [0.15, 0.2) is 0 Å². The summed E-state index contributed by atoms with van der Waals surface area (Å²) in [6.07, 6.45) is 0. The van der Waals surface area contributed by atoms with E-state index < -0.39 is 10.4 Å². The molecule has 0 unspecified atom stereocenters. The second-order valence-corrected chi connectivity index (χ2v) is 1.34. The smallest absolute Gasteiger partial charge is 1.00 e. The van der Waals surface area contributed by atoms with Crippen molar-refractivity contribution >= 4 is 27.8 Å². The standard InChI is InChI=1S/Al.3ClH.H2O4S/c;;;;1-5(2,3)4/h;3*1H;(H2,1,2,3,4)/q+3;;;;/p-3. The molecule has 0 aliphatic rings. The van der Waals surface area contributed by atoms with Crippen LogP contribution in [-0.4, -0.2) is 34.9 Å². The van der Waals surface area contributed by atoms with Crippen molar-refractivity contribution in [2.24, 2.45) is 0 Å². The molecule has 9 heteroatoms. The monoisotopic (exact) mass is 230 g/mol. The second-order valence-electron chi connectivity index (χ2n) is 0.448. The largest absolute Gasteiger partial charge is 3.00 e. The van der Waals surface area contributed by atoms with Gasteiger partial charge in [0.2, 0.25) is 0 Å². The maximum Gasteiger partial charge on any atom is 3.00 e. The molecule has 0 amide bonds. The maximum absolute atomic E-state index is 8.74. The Labute approximate surface area is 82.3 Å². The Morgan fingerprint density at radius 3 is 0.889 bits per heavy atom. The number of rotatable bonds is 0. The maximum atomic E-state index is 8.74. The van der Waals surface area contributed by atoms with Gasteiger partial charge in [0, 0.05) is 0 Å². The van der Waals surface area contributed by atoms with Crippen molar-refractivity contribution in [1.82, 2.24) is 0 Å². The summed E-state index contributed by atoms with van der Waals surface area (Å²) in [7, 11) is -4.67. The molecule has 0 radical (unpaired) electrons. The van der Waals surface area contributed by atoms with Crippen LogP contribution in [0.5, 0.6) is 0 Å². The molecule has 2 N–H and O–H groups in total. The molecule has 9 heavy (non-hydrogen) atoms. The van der Waals surface area contributed by atoms with Crippen molar-refractivity contribution in [1.29, 1.82) is 0 Å². The van der Waals surface area contributed by atoms with Crippen molar-refractivity contribution < 1.29 is 54.7 Å². The van der Waals surface area contributed by atoms with Crippen molar-refractivity contribution in [3.8, 4) is 0 Å². The fourth-order valence-corrected chi connectivity index (χ4v) is 0. The average molecular weight is 231 g/mol. The van der Waals surface area contributed by atoms with Crippen molar-refractivity contribution in [3.05, 3.63) is 0 Å². The Morgan fingerprint density at radius 1 is 0.889 bits per heavy atom. The summed E-state index contributed by atoms with van der Waals surface area (Å²) in [5, 5.41) is 0. The van der Waals surface area contributed by atoms with E-state index in [0.717, 1.165) is 0 Å². The molecular weight excluding hydrogens is 229 g/mol. The number of hydrogen-bond donors (Lipinski definition) is 2. The van der Waals surface area contributed by atoms with Crippen molar-refractivity contribution in [2.75, 3.05) is 0 Å². The quantitative estimate of drug-likeness (QED) is 0.321. The van der Waals surface area contributed by atoms with Crippen LogP contribution in [0.25, 0.3) is 0 Å². The number of halogens is 3. The topological polar surface area (TPSA) is 74.6 Å². The van der Waals surface area contributed by atoms with Crippen LogP contribution in [-0.2, 0) is 10.4 Å². The summed E-state index contributed by atoms with van der Waals surface area (Å²) in [5.74, 6) is 0. The van der Waals surface area contributed by atoms with Gasteiger partial charge in [-0.05, 0) is 0 Å². The second kappa shape index (κ2) is 12.0. The van der Waals surface area contributed by atoms with Crippen LogP contribution in [0.1, 0.15) is 0 Å². The van der Waals surface area contributed by atoms with E-state index in [1.54, 1.807) is 0 Å². The number of hydrogen-bond acceptors (Lipinski definition) is 2. The molecule has 0 aromatic heterocycles. The predicted octanol–water partition coefficient (Wildman–Crippen LogP) is -10.0. The van der Waals surface area contributed by atoms with Gasteiger partial charge in [0.05, 0.1) is 0 Å². The molecule has 56 valence electrons. The third-order valence-electron chi connectivity index (χ3n) is 0. The SMILES string of the molecule is O=S(=O)(O)O.[Al+3].[Cl-].[Cl-].[Cl-]. The Bertz CT molecular complexity index is 99.0. The fourth-order valence-electron chi connectivity index (χ4n) is 0. The van der Waals surface area contributed by atoms with Gasteiger partial charge in [-0.2, -0.15) is 8.42 Å². The molecule has 0 heterocycles. The van der Waals surface area contributed by atoms with E-state index >= 15 is 0 Å². The Morgan fingerprint density at radius 2 is 0.889 bits per heavy atom. The van der Waals surface area contributed by atoms with Gasteiger partial charge in [-0.3, -0.25) is 9.11 Å². The van der Waals surface area contributed by atoms with Gasteiger partial charge in [-0.15, -0.1) is 0 Å². The summed E-state index contributed by atoms with van der Waals surface area (Å²) in [5.41, 5.74) is 0. The van der Waals surface area contributed by atoms with Gasteiger partial charge < -0.3 is 37.2 Å². The van der Waals surface area contributed by atoms with E-state index in [1.807, 2.05) is 0 Å². The van der Waals surface area contributed by atoms with E-state index in [9.17, 15) is 0 Å². The third kappa shape index (κ3) is 303. The van der Waals surface area contributed by atoms with Crippen LogP contribution in [0.2, 0.25) is 0 Å². The Balaban J connectivity index is -0.0000000133. The van der Waals surface area contributed by atoms with Gasteiger partial charge in [-0.25, -0.2) is 0 Å². The molecule has 4 nitrogen and oxygen atoms in total. The van der Waals surface area contributed by atoms with E-state index in [-0.39, 0.29) is 54.6 Å². The summed E-state index contributed by atoms with van der Waals surface area (Å²) >= 11 is 0. The Kier molecular flexibility index (Phi) is 42.4. The fraction of sp³-hybridized carbons (Fsp3) is 0. The predicted molar refractivity (Wildman–Crippen MR) is 19.9 cm³/mol. The summed E-state index contributed by atoms with van der Waals surface area (Å²) in [6.45, 7) is 0. The molecule has 0 aromatic carbocycles. The van der Waals surface area contributed by atoms with Crippen molar-refractivity contribution in [3.63, 3.8) is 0 Å². The van der Waals surface area contributed by atoms with Gasteiger partial charge in [0.25, 0.3) is 0 Å². The summed E-state index contributed by atoms with van der Waals surface area (Å²) in [4.78, 5) is 0. The molecule has 0 atom stereocenters. The average Bonchev–Trinajstić information content (AvgIpc) is 0.722. The van der Waals surface area contributed by atoms with E-state index in [1.165, 1.54) is 0 Å². The molecular formula is H2AlCl3O4S. The van der Waals surface area contributed by atoms with Crippen molar-refractivity contribution in [2.45, 2.75) is 0 Å².